The number of nitrogens with one attached hydrogen (secondary N) is 1. The summed E-state index contributed by atoms with van der Waals surface area (Å²) in [4.78, 5) is 17.6. The van der Waals surface area contributed by atoms with E-state index in [1.165, 1.54) is 5.56 Å². The number of methoxy groups -OCH3 is 1. The highest BCUT2D eigenvalue weighted by Crippen LogP contribution is 2.28. The molecule has 1 fully saturated rings. The molecule has 0 radical (unpaired) electrons. The van der Waals surface area contributed by atoms with Crippen molar-refractivity contribution in [1.82, 2.24) is 15.1 Å². The van der Waals surface area contributed by atoms with E-state index in [9.17, 15) is 4.79 Å². The van der Waals surface area contributed by atoms with Crippen LogP contribution >= 0.6 is 0 Å². The maximum atomic E-state index is 12.6. The van der Waals surface area contributed by atoms with Crippen LogP contribution in [0.5, 0.6) is 11.5 Å². The molecule has 1 aliphatic heterocycles. The SMILES string of the molecule is COc1cc(C(=O)NCCCN2CCN(Cc3ccccc3)CC2)ccc1OCc1ccccc1. The lowest BCUT2D eigenvalue weighted by Gasteiger charge is -2.34. The van der Waals surface area contributed by atoms with Gasteiger partial charge in [0.15, 0.2) is 11.5 Å². The van der Waals surface area contributed by atoms with Gasteiger partial charge in [0.05, 0.1) is 7.11 Å². The maximum absolute atomic E-state index is 12.6. The lowest BCUT2D eigenvalue weighted by atomic mass is 10.2. The molecular weight excluding hydrogens is 438 g/mol. The molecule has 35 heavy (non-hydrogen) atoms. The Morgan fingerprint density at radius 3 is 2.17 bits per heavy atom. The first-order chi connectivity index (χ1) is 17.2. The lowest BCUT2D eigenvalue weighted by Crippen LogP contribution is -2.46. The van der Waals surface area contributed by atoms with Gasteiger partial charge in [0.1, 0.15) is 6.61 Å². The van der Waals surface area contributed by atoms with Crippen molar-refractivity contribution in [3.05, 3.63) is 95.6 Å². The van der Waals surface area contributed by atoms with E-state index in [0.717, 1.165) is 51.3 Å². The Balaban J connectivity index is 1.16. The summed E-state index contributed by atoms with van der Waals surface area (Å²) in [6.45, 7) is 7.42. The van der Waals surface area contributed by atoms with Gasteiger partial charge in [0, 0.05) is 44.8 Å². The zero-order valence-corrected chi connectivity index (χ0v) is 20.5. The summed E-state index contributed by atoms with van der Waals surface area (Å²) in [5.74, 6) is 1.09. The molecule has 0 spiro atoms. The van der Waals surface area contributed by atoms with Crippen LogP contribution in [0.25, 0.3) is 0 Å². The number of piperazine rings is 1. The number of rotatable bonds is 11. The molecule has 1 N–H and O–H groups in total. The summed E-state index contributed by atoms with van der Waals surface area (Å²) in [6, 6.07) is 25.9. The zero-order chi connectivity index (χ0) is 24.3. The standard InChI is InChI=1S/C29H35N3O3/c1-34-28-21-26(13-14-27(28)35-23-25-11-6-3-7-12-25)29(33)30-15-8-16-31-17-19-32(20-18-31)22-24-9-4-2-5-10-24/h2-7,9-14,21H,8,15-20,22-23H2,1H3,(H,30,33). The number of carbonyl (C=O) groups excluding carboxylic acids is 1. The summed E-state index contributed by atoms with van der Waals surface area (Å²) in [7, 11) is 1.59. The first-order valence-corrected chi connectivity index (χ1v) is 12.3. The van der Waals surface area contributed by atoms with E-state index in [0.29, 0.717) is 30.2 Å². The second kappa shape index (κ2) is 12.9. The molecule has 0 unspecified atom stereocenters. The maximum Gasteiger partial charge on any atom is 0.251 e. The molecule has 3 aromatic rings. The van der Waals surface area contributed by atoms with Crippen molar-refractivity contribution in [2.75, 3.05) is 46.4 Å². The summed E-state index contributed by atoms with van der Waals surface area (Å²) in [5, 5.41) is 3.04. The molecule has 184 valence electrons. The number of hydrogen-bond acceptors (Lipinski definition) is 5. The number of amides is 1. The fraction of sp³-hybridized carbons (Fsp3) is 0.345. The Bertz CT molecular complexity index is 1050. The third-order valence-corrected chi connectivity index (χ3v) is 6.31. The monoisotopic (exact) mass is 473 g/mol. The van der Waals surface area contributed by atoms with Crippen molar-refractivity contribution in [2.45, 2.75) is 19.6 Å². The van der Waals surface area contributed by atoms with Gasteiger partial charge < -0.3 is 19.7 Å². The Kier molecular flexibility index (Phi) is 9.15. The van der Waals surface area contributed by atoms with E-state index in [2.05, 4.69) is 45.4 Å². The Morgan fingerprint density at radius 1 is 0.829 bits per heavy atom. The van der Waals surface area contributed by atoms with Gasteiger partial charge in [-0.15, -0.1) is 0 Å². The van der Waals surface area contributed by atoms with Gasteiger partial charge in [-0.2, -0.15) is 0 Å². The molecule has 3 aromatic carbocycles. The zero-order valence-electron chi connectivity index (χ0n) is 20.5. The number of hydrogen-bond donors (Lipinski definition) is 1. The molecule has 0 aromatic heterocycles. The van der Waals surface area contributed by atoms with E-state index in [4.69, 9.17) is 9.47 Å². The van der Waals surface area contributed by atoms with Crippen LogP contribution in [0.15, 0.2) is 78.9 Å². The second-order valence-electron chi connectivity index (χ2n) is 8.85. The molecule has 1 aliphatic rings. The van der Waals surface area contributed by atoms with Crippen LogP contribution in [0.3, 0.4) is 0 Å². The minimum absolute atomic E-state index is 0.0920. The van der Waals surface area contributed by atoms with E-state index in [-0.39, 0.29) is 5.91 Å². The second-order valence-corrected chi connectivity index (χ2v) is 8.85. The minimum Gasteiger partial charge on any atom is -0.493 e. The number of carbonyl (C=O) groups is 1. The van der Waals surface area contributed by atoms with E-state index in [1.807, 2.05) is 30.3 Å². The number of ether oxygens (including phenoxy) is 2. The highest BCUT2D eigenvalue weighted by molar-refractivity contribution is 5.94. The molecule has 6 nitrogen and oxygen atoms in total. The Hall–Kier alpha value is -3.35. The highest BCUT2D eigenvalue weighted by Gasteiger charge is 2.17. The number of benzene rings is 3. The highest BCUT2D eigenvalue weighted by atomic mass is 16.5. The van der Waals surface area contributed by atoms with Crippen molar-refractivity contribution in [1.29, 1.82) is 0 Å². The van der Waals surface area contributed by atoms with Gasteiger partial charge in [-0.3, -0.25) is 9.69 Å². The van der Waals surface area contributed by atoms with Crippen LogP contribution in [0.1, 0.15) is 27.9 Å². The average Bonchev–Trinajstić information content (AvgIpc) is 2.92. The quantitative estimate of drug-likeness (QED) is 0.423. The smallest absolute Gasteiger partial charge is 0.251 e. The van der Waals surface area contributed by atoms with Gasteiger partial charge in [0.25, 0.3) is 5.91 Å². The largest absolute Gasteiger partial charge is 0.493 e. The van der Waals surface area contributed by atoms with Crippen molar-refractivity contribution in [3.8, 4) is 11.5 Å². The molecule has 1 heterocycles. The van der Waals surface area contributed by atoms with Crippen LogP contribution in [-0.2, 0) is 13.2 Å². The van der Waals surface area contributed by atoms with Gasteiger partial charge in [-0.1, -0.05) is 60.7 Å². The molecule has 0 saturated carbocycles. The first kappa shape index (κ1) is 24.8. The number of nitrogens with zero attached hydrogens (tertiary/aromatic N) is 2. The summed E-state index contributed by atoms with van der Waals surface area (Å²) < 4.78 is 11.3. The van der Waals surface area contributed by atoms with E-state index in [1.54, 1.807) is 25.3 Å². The topological polar surface area (TPSA) is 54.0 Å². The van der Waals surface area contributed by atoms with Crippen molar-refractivity contribution in [3.63, 3.8) is 0 Å². The molecular formula is C29H35N3O3. The van der Waals surface area contributed by atoms with Crippen LogP contribution in [0.4, 0.5) is 0 Å². The Morgan fingerprint density at radius 2 is 1.49 bits per heavy atom. The van der Waals surface area contributed by atoms with Crippen LogP contribution in [0, 0.1) is 0 Å². The summed E-state index contributed by atoms with van der Waals surface area (Å²) >= 11 is 0. The van der Waals surface area contributed by atoms with Gasteiger partial charge in [-0.25, -0.2) is 0 Å². The normalized spacial score (nSPS) is 14.4. The summed E-state index contributed by atoms with van der Waals surface area (Å²) in [5.41, 5.74) is 3.02. The van der Waals surface area contributed by atoms with E-state index < -0.39 is 0 Å². The third-order valence-electron chi connectivity index (χ3n) is 6.31. The van der Waals surface area contributed by atoms with Gasteiger partial charge in [0.2, 0.25) is 0 Å². The molecule has 4 rings (SSSR count). The average molecular weight is 474 g/mol. The van der Waals surface area contributed by atoms with E-state index >= 15 is 0 Å². The van der Waals surface area contributed by atoms with Crippen LogP contribution in [-0.4, -0.2) is 62.1 Å². The van der Waals surface area contributed by atoms with Crippen molar-refractivity contribution < 1.29 is 14.3 Å². The van der Waals surface area contributed by atoms with Gasteiger partial charge >= 0.3 is 0 Å². The Labute approximate surface area is 208 Å². The third kappa shape index (κ3) is 7.57. The van der Waals surface area contributed by atoms with Gasteiger partial charge in [-0.05, 0) is 42.3 Å². The van der Waals surface area contributed by atoms with Crippen molar-refractivity contribution >= 4 is 5.91 Å². The molecule has 1 saturated heterocycles. The predicted molar refractivity (Wildman–Crippen MR) is 139 cm³/mol. The van der Waals surface area contributed by atoms with Crippen LogP contribution in [0.2, 0.25) is 0 Å². The summed E-state index contributed by atoms with van der Waals surface area (Å²) in [6.07, 6.45) is 0.930. The molecule has 1 amide bonds. The fourth-order valence-corrected chi connectivity index (χ4v) is 4.28. The molecule has 0 bridgehead atoms. The van der Waals surface area contributed by atoms with Crippen LogP contribution < -0.4 is 14.8 Å². The molecule has 0 atom stereocenters. The van der Waals surface area contributed by atoms with Crippen molar-refractivity contribution in [2.24, 2.45) is 0 Å². The predicted octanol–water partition coefficient (Wildman–Crippen LogP) is 4.21. The minimum atomic E-state index is -0.0920. The lowest BCUT2D eigenvalue weighted by molar-refractivity contribution is 0.0946. The fourth-order valence-electron chi connectivity index (χ4n) is 4.28. The first-order valence-electron chi connectivity index (χ1n) is 12.3. The molecule has 6 heteroatoms. The molecule has 0 aliphatic carbocycles.